The third-order valence-electron chi connectivity index (χ3n) is 3.49. The van der Waals surface area contributed by atoms with Crippen LogP contribution in [0.5, 0.6) is 0 Å². The number of thiazole rings is 1. The van der Waals surface area contributed by atoms with Crippen molar-refractivity contribution < 1.29 is 9.21 Å². The number of nitrogens with zero attached hydrogens (tertiary/aromatic N) is 3. The highest BCUT2D eigenvalue weighted by atomic mass is 32.1. The molecule has 25 heavy (non-hydrogen) atoms. The fraction of sp³-hybridized carbons (Fsp3) is 0. The lowest BCUT2D eigenvalue weighted by Gasteiger charge is -2.01. The quantitative estimate of drug-likeness (QED) is 0.600. The Hall–Kier alpha value is -3.32. The Bertz CT molecular complexity index is 996. The minimum absolute atomic E-state index is 0.226. The molecule has 0 saturated carbocycles. The molecule has 0 unspecified atom stereocenters. The molecular weight excluding hydrogens is 336 g/mol. The third kappa shape index (κ3) is 3.17. The van der Waals surface area contributed by atoms with Crippen LogP contribution in [0.2, 0.25) is 0 Å². The molecule has 0 spiro atoms. The maximum Gasteiger partial charge on any atom is 0.280 e. The van der Waals surface area contributed by atoms with Gasteiger partial charge in [-0.1, -0.05) is 47.7 Å². The second-order valence-corrected chi connectivity index (χ2v) is 6.15. The normalized spacial score (nSPS) is 10.6. The lowest BCUT2D eigenvalue weighted by atomic mass is 10.1. The number of anilines is 1. The van der Waals surface area contributed by atoms with Crippen LogP contribution in [0.25, 0.3) is 21.8 Å². The maximum atomic E-state index is 12.5. The highest BCUT2D eigenvalue weighted by Crippen LogP contribution is 2.29. The van der Waals surface area contributed by atoms with Gasteiger partial charge in [-0.3, -0.25) is 15.1 Å². The molecule has 3 heterocycles. The van der Waals surface area contributed by atoms with E-state index in [9.17, 15) is 4.79 Å². The topological polar surface area (TPSA) is 80.9 Å². The number of amides is 1. The lowest BCUT2D eigenvalue weighted by molar-refractivity contribution is 0.102. The summed E-state index contributed by atoms with van der Waals surface area (Å²) in [4.78, 5) is 25.8. The van der Waals surface area contributed by atoms with Gasteiger partial charge in [-0.2, -0.15) is 0 Å². The van der Waals surface area contributed by atoms with Gasteiger partial charge in [0.15, 0.2) is 23.0 Å². The first kappa shape index (κ1) is 15.2. The second kappa shape index (κ2) is 6.66. The van der Waals surface area contributed by atoms with E-state index in [1.807, 2.05) is 42.5 Å². The third-order valence-corrected chi connectivity index (χ3v) is 4.45. The summed E-state index contributed by atoms with van der Waals surface area (Å²) < 4.78 is 5.39. The van der Waals surface area contributed by atoms with Gasteiger partial charge in [0.25, 0.3) is 5.91 Å². The Morgan fingerprint density at radius 3 is 2.64 bits per heavy atom. The van der Waals surface area contributed by atoms with Crippen LogP contribution in [0.15, 0.2) is 71.9 Å². The van der Waals surface area contributed by atoms with Crippen LogP contribution in [0.3, 0.4) is 0 Å². The van der Waals surface area contributed by atoms with Gasteiger partial charge in [0, 0.05) is 29.7 Å². The van der Waals surface area contributed by atoms with Gasteiger partial charge in [-0.25, -0.2) is 9.97 Å². The summed E-state index contributed by atoms with van der Waals surface area (Å²) in [6, 6.07) is 13.2. The van der Waals surface area contributed by atoms with Crippen molar-refractivity contribution in [3.63, 3.8) is 0 Å². The SMILES string of the molecule is O=C(Nc1ncc(-c2cccnc2)s1)c1ncoc1-c1ccccc1. The summed E-state index contributed by atoms with van der Waals surface area (Å²) in [6.45, 7) is 0. The summed E-state index contributed by atoms with van der Waals surface area (Å²) in [5.74, 6) is 0.0711. The molecule has 0 aliphatic rings. The molecule has 0 bridgehead atoms. The van der Waals surface area contributed by atoms with Crippen molar-refractivity contribution in [3.8, 4) is 21.8 Å². The molecule has 1 N–H and O–H groups in total. The monoisotopic (exact) mass is 348 g/mol. The van der Waals surface area contributed by atoms with Crippen LogP contribution in [0.1, 0.15) is 10.5 Å². The number of hydrogen-bond donors (Lipinski definition) is 1. The standard InChI is InChI=1S/C18H12N4O2S/c23-17(15-16(24-11-21-15)12-5-2-1-3-6-12)22-18-20-10-14(25-18)13-7-4-8-19-9-13/h1-11H,(H,20,22,23). The Kier molecular flexibility index (Phi) is 4.05. The van der Waals surface area contributed by atoms with Gasteiger partial charge in [-0.05, 0) is 6.07 Å². The van der Waals surface area contributed by atoms with E-state index < -0.39 is 0 Å². The van der Waals surface area contributed by atoms with Gasteiger partial charge in [0.2, 0.25) is 0 Å². The summed E-state index contributed by atoms with van der Waals surface area (Å²) in [5, 5.41) is 3.26. The Labute approximate surface area is 147 Å². The first-order valence-corrected chi connectivity index (χ1v) is 8.29. The fourth-order valence-electron chi connectivity index (χ4n) is 2.33. The molecule has 4 aromatic rings. The van der Waals surface area contributed by atoms with Crippen molar-refractivity contribution in [3.05, 3.63) is 73.1 Å². The summed E-state index contributed by atoms with van der Waals surface area (Å²) in [7, 11) is 0. The van der Waals surface area contributed by atoms with E-state index >= 15 is 0 Å². The van der Waals surface area contributed by atoms with E-state index in [1.165, 1.54) is 17.7 Å². The highest BCUT2D eigenvalue weighted by molar-refractivity contribution is 7.19. The van der Waals surface area contributed by atoms with Gasteiger partial charge in [0.1, 0.15) is 0 Å². The van der Waals surface area contributed by atoms with Crippen LogP contribution >= 0.6 is 11.3 Å². The zero-order chi connectivity index (χ0) is 17.1. The fourth-order valence-corrected chi connectivity index (χ4v) is 3.13. The molecule has 6 nitrogen and oxygen atoms in total. The van der Waals surface area contributed by atoms with E-state index in [1.54, 1.807) is 18.6 Å². The van der Waals surface area contributed by atoms with Crippen molar-refractivity contribution in [1.29, 1.82) is 0 Å². The van der Waals surface area contributed by atoms with Crippen molar-refractivity contribution in [2.75, 3.05) is 5.32 Å². The zero-order valence-electron chi connectivity index (χ0n) is 12.9. The van der Waals surface area contributed by atoms with Gasteiger partial charge in [0.05, 0.1) is 4.88 Å². The molecule has 7 heteroatoms. The van der Waals surface area contributed by atoms with Gasteiger partial charge < -0.3 is 4.42 Å². The highest BCUT2D eigenvalue weighted by Gasteiger charge is 2.19. The molecule has 3 aromatic heterocycles. The molecular formula is C18H12N4O2S. The minimum Gasteiger partial charge on any atom is -0.443 e. The summed E-state index contributed by atoms with van der Waals surface area (Å²) in [5.41, 5.74) is 1.97. The predicted octanol–water partition coefficient (Wildman–Crippen LogP) is 4.11. The molecule has 0 atom stereocenters. The lowest BCUT2D eigenvalue weighted by Crippen LogP contribution is -2.13. The van der Waals surface area contributed by atoms with Crippen LogP contribution in [0.4, 0.5) is 5.13 Å². The van der Waals surface area contributed by atoms with E-state index in [0.717, 1.165) is 16.0 Å². The number of hydrogen-bond acceptors (Lipinski definition) is 6. The van der Waals surface area contributed by atoms with E-state index in [-0.39, 0.29) is 11.6 Å². The maximum absolute atomic E-state index is 12.5. The van der Waals surface area contributed by atoms with Crippen LogP contribution < -0.4 is 5.32 Å². The smallest absolute Gasteiger partial charge is 0.280 e. The first-order chi connectivity index (χ1) is 12.3. The Morgan fingerprint density at radius 1 is 1.00 bits per heavy atom. The van der Waals surface area contributed by atoms with Crippen LogP contribution in [-0.2, 0) is 0 Å². The summed E-state index contributed by atoms with van der Waals surface area (Å²) in [6.07, 6.45) is 6.44. The molecule has 0 saturated heterocycles. The number of pyridine rings is 1. The minimum atomic E-state index is -0.361. The molecule has 1 amide bonds. The first-order valence-electron chi connectivity index (χ1n) is 7.48. The van der Waals surface area contributed by atoms with Gasteiger partial charge >= 0.3 is 0 Å². The van der Waals surface area contributed by atoms with Crippen LogP contribution in [0, 0.1) is 0 Å². The number of rotatable bonds is 4. The zero-order valence-corrected chi connectivity index (χ0v) is 13.7. The average Bonchev–Trinajstić information content (AvgIpc) is 3.33. The molecule has 0 radical (unpaired) electrons. The molecule has 1 aromatic carbocycles. The molecule has 0 fully saturated rings. The number of carbonyl (C=O) groups is 1. The van der Waals surface area contributed by atoms with E-state index in [4.69, 9.17) is 4.42 Å². The van der Waals surface area contributed by atoms with Crippen molar-refractivity contribution in [2.24, 2.45) is 0 Å². The van der Waals surface area contributed by atoms with E-state index in [0.29, 0.717) is 10.9 Å². The summed E-state index contributed by atoms with van der Waals surface area (Å²) >= 11 is 1.37. The second-order valence-electron chi connectivity index (χ2n) is 5.12. The van der Waals surface area contributed by atoms with E-state index in [2.05, 4.69) is 20.3 Å². The largest absolute Gasteiger partial charge is 0.443 e. The number of benzene rings is 1. The average molecular weight is 348 g/mol. The molecule has 4 rings (SSSR count). The Balaban J connectivity index is 1.56. The van der Waals surface area contributed by atoms with Crippen molar-refractivity contribution in [2.45, 2.75) is 0 Å². The predicted molar refractivity (Wildman–Crippen MR) is 95.2 cm³/mol. The van der Waals surface area contributed by atoms with Crippen LogP contribution in [-0.4, -0.2) is 20.9 Å². The molecule has 0 aliphatic heterocycles. The number of oxazole rings is 1. The van der Waals surface area contributed by atoms with Crippen molar-refractivity contribution in [1.82, 2.24) is 15.0 Å². The number of aromatic nitrogens is 3. The number of carbonyl (C=O) groups excluding carboxylic acids is 1. The van der Waals surface area contributed by atoms with Gasteiger partial charge in [-0.15, -0.1) is 0 Å². The molecule has 0 aliphatic carbocycles. The Morgan fingerprint density at radius 2 is 1.84 bits per heavy atom. The number of nitrogens with one attached hydrogen (secondary N) is 1. The van der Waals surface area contributed by atoms with Crippen molar-refractivity contribution >= 4 is 22.4 Å². The molecule has 122 valence electrons.